The Balaban J connectivity index is 2.00. The van der Waals surface area contributed by atoms with Gasteiger partial charge >= 0.3 is 0 Å². The van der Waals surface area contributed by atoms with E-state index < -0.39 is 0 Å². The lowest BCUT2D eigenvalue weighted by molar-refractivity contribution is -0.203. The van der Waals surface area contributed by atoms with Gasteiger partial charge in [-0.25, -0.2) is 0 Å². The number of aliphatic hydroxyl groups is 1. The quantitative estimate of drug-likeness (QED) is 0.667. The number of ether oxygens (including phenoxy) is 2. The Labute approximate surface area is 80.0 Å². The molecule has 78 valence electrons. The molecule has 3 heteroatoms. The molecule has 0 aromatic carbocycles. The molecule has 2 unspecified atom stereocenters. The van der Waals surface area contributed by atoms with Crippen LogP contribution in [0.5, 0.6) is 0 Å². The first kappa shape index (κ1) is 11.0. The predicted molar refractivity (Wildman–Crippen MR) is 50.5 cm³/mol. The zero-order chi connectivity index (χ0) is 9.52. The molecule has 1 fully saturated rings. The first-order chi connectivity index (χ1) is 6.33. The Morgan fingerprint density at radius 2 is 2.15 bits per heavy atom. The van der Waals surface area contributed by atoms with Crippen LogP contribution in [-0.2, 0) is 9.47 Å². The van der Waals surface area contributed by atoms with E-state index in [0.717, 1.165) is 38.7 Å². The molecule has 1 aliphatic heterocycles. The monoisotopic (exact) mass is 188 g/mol. The summed E-state index contributed by atoms with van der Waals surface area (Å²) < 4.78 is 10.9. The number of aliphatic hydroxyl groups excluding tert-OH is 1. The molecular formula is C10H20O3. The van der Waals surface area contributed by atoms with Crippen molar-refractivity contribution in [2.45, 2.75) is 51.4 Å². The topological polar surface area (TPSA) is 38.7 Å². The Kier molecular flexibility index (Phi) is 5.35. The predicted octanol–water partition coefficient (Wildman–Crippen LogP) is 1.69. The van der Waals surface area contributed by atoms with Crippen LogP contribution in [0.1, 0.15) is 39.0 Å². The van der Waals surface area contributed by atoms with Gasteiger partial charge in [-0.15, -0.1) is 0 Å². The molecule has 0 spiro atoms. The normalized spacial score (nSPS) is 29.1. The van der Waals surface area contributed by atoms with Gasteiger partial charge in [0.25, 0.3) is 0 Å². The second-order valence-corrected chi connectivity index (χ2v) is 3.56. The maximum atomic E-state index is 8.59. The highest BCUT2D eigenvalue weighted by molar-refractivity contribution is 4.62. The molecule has 1 N–H and O–H groups in total. The van der Waals surface area contributed by atoms with Crippen LogP contribution < -0.4 is 0 Å². The summed E-state index contributed by atoms with van der Waals surface area (Å²) in [6.45, 7) is 3.08. The van der Waals surface area contributed by atoms with Gasteiger partial charge in [-0.2, -0.15) is 0 Å². The Bertz CT molecular complexity index is 127. The molecule has 3 nitrogen and oxygen atoms in total. The van der Waals surface area contributed by atoms with Crippen molar-refractivity contribution in [3.05, 3.63) is 0 Å². The van der Waals surface area contributed by atoms with Crippen LogP contribution in [-0.4, -0.2) is 30.7 Å². The van der Waals surface area contributed by atoms with E-state index in [2.05, 4.69) is 0 Å². The summed E-state index contributed by atoms with van der Waals surface area (Å²) in [6, 6.07) is 0. The molecule has 1 rings (SSSR count). The van der Waals surface area contributed by atoms with Crippen LogP contribution in [0.2, 0.25) is 0 Å². The fourth-order valence-electron chi connectivity index (χ4n) is 1.62. The smallest absolute Gasteiger partial charge is 0.155 e. The first-order valence-electron chi connectivity index (χ1n) is 5.21. The molecule has 0 aromatic rings. The SMILES string of the molecule is CC1OCCC(CCCCCO)O1. The molecule has 0 bridgehead atoms. The fraction of sp³-hybridized carbons (Fsp3) is 1.00. The van der Waals surface area contributed by atoms with Crippen LogP contribution in [0.4, 0.5) is 0 Å². The van der Waals surface area contributed by atoms with Crippen LogP contribution in [0, 0.1) is 0 Å². The average molecular weight is 188 g/mol. The van der Waals surface area contributed by atoms with Crippen molar-refractivity contribution < 1.29 is 14.6 Å². The summed E-state index contributed by atoms with van der Waals surface area (Å²) in [6.07, 6.45) is 5.64. The molecule has 1 aliphatic rings. The van der Waals surface area contributed by atoms with Gasteiger partial charge in [0.1, 0.15) is 0 Å². The lowest BCUT2D eigenvalue weighted by Gasteiger charge is -2.28. The van der Waals surface area contributed by atoms with Crippen LogP contribution in [0.15, 0.2) is 0 Å². The molecule has 1 heterocycles. The van der Waals surface area contributed by atoms with Crippen molar-refractivity contribution in [3.8, 4) is 0 Å². The molecule has 13 heavy (non-hydrogen) atoms. The van der Waals surface area contributed by atoms with Gasteiger partial charge in [-0.1, -0.05) is 12.8 Å². The van der Waals surface area contributed by atoms with Crippen LogP contribution in [0.25, 0.3) is 0 Å². The van der Waals surface area contributed by atoms with E-state index in [1.54, 1.807) is 0 Å². The second-order valence-electron chi connectivity index (χ2n) is 3.56. The average Bonchev–Trinajstić information content (AvgIpc) is 2.13. The van der Waals surface area contributed by atoms with Crippen molar-refractivity contribution in [1.82, 2.24) is 0 Å². The summed E-state index contributed by atoms with van der Waals surface area (Å²) in [4.78, 5) is 0. The third-order valence-electron chi connectivity index (χ3n) is 2.36. The van der Waals surface area contributed by atoms with Crippen LogP contribution in [0.3, 0.4) is 0 Å². The van der Waals surface area contributed by atoms with E-state index in [0.29, 0.717) is 12.7 Å². The van der Waals surface area contributed by atoms with E-state index in [1.807, 2.05) is 6.92 Å². The Morgan fingerprint density at radius 1 is 1.31 bits per heavy atom. The lowest BCUT2D eigenvalue weighted by atomic mass is 10.1. The largest absolute Gasteiger partial charge is 0.396 e. The van der Waals surface area contributed by atoms with Gasteiger partial charge in [0.05, 0.1) is 12.7 Å². The highest BCUT2D eigenvalue weighted by atomic mass is 16.7. The minimum atomic E-state index is -0.0309. The lowest BCUT2D eigenvalue weighted by Crippen LogP contribution is -2.30. The molecule has 0 saturated carbocycles. The molecule has 0 amide bonds. The summed E-state index contributed by atoms with van der Waals surface area (Å²) in [5, 5.41) is 8.59. The van der Waals surface area contributed by atoms with E-state index in [9.17, 15) is 0 Å². The molecule has 0 radical (unpaired) electrons. The highest BCUT2D eigenvalue weighted by Crippen LogP contribution is 2.17. The molecular weight excluding hydrogens is 168 g/mol. The van der Waals surface area contributed by atoms with Crippen molar-refractivity contribution in [1.29, 1.82) is 0 Å². The van der Waals surface area contributed by atoms with Gasteiger partial charge in [-0.05, 0) is 26.2 Å². The maximum Gasteiger partial charge on any atom is 0.155 e. The van der Waals surface area contributed by atoms with E-state index in [-0.39, 0.29) is 6.29 Å². The summed E-state index contributed by atoms with van der Waals surface area (Å²) in [7, 11) is 0. The zero-order valence-corrected chi connectivity index (χ0v) is 8.37. The van der Waals surface area contributed by atoms with E-state index >= 15 is 0 Å². The third kappa shape index (κ3) is 4.60. The minimum Gasteiger partial charge on any atom is -0.396 e. The third-order valence-corrected chi connectivity index (χ3v) is 2.36. The molecule has 0 aromatic heterocycles. The van der Waals surface area contributed by atoms with Crippen molar-refractivity contribution in [3.63, 3.8) is 0 Å². The van der Waals surface area contributed by atoms with Gasteiger partial charge in [-0.3, -0.25) is 0 Å². The van der Waals surface area contributed by atoms with Gasteiger partial charge in [0.15, 0.2) is 6.29 Å². The van der Waals surface area contributed by atoms with E-state index in [1.165, 1.54) is 0 Å². The Hall–Kier alpha value is -0.120. The minimum absolute atomic E-state index is 0.0309. The highest BCUT2D eigenvalue weighted by Gasteiger charge is 2.18. The Morgan fingerprint density at radius 3 is 2.85 bits per heavy atom. The fourth-order valence-corrected chi connectivity index (χ4v) is 1.62. The zero-order valence-electron chi connectivity index (χ0n) is 8.37. The van der Waals surface area contributed by atoms with Crippen LogP contribution >= 0.6 is 0 Å². The summed E-state index contributed by atoms with van der Waals surface area (Å²) in [5.74, 6) is 0. The van der Waals surface area contributed by atoms with E-state index in [4.69, 9.17) is 14.6 Å². The number of hydrogen-bond acceptors (Lipinski definition) is 3. The maximum absolute atomic E-state index is 8.59. The molecule has 1 saturated heterocycles. The number of hydrogen-bond donors (Lipinski definition) is 1. The molecule has 0 aliphatic carbocycles. The number of rotatable bonds is 5. The van der Waals surface area contributed by atoms with Crippen molar-refractivity contribution in [2.24, 2.45) is 0 Å². The first-order valence-corrected chi connectivity index (χ1v) is 5.21. The number of unbranched alkanes of at least 4 members (excludes halogenated alkanes) is 2. The van der Waals surface area contributed by atoms with Gasteiger partial charge < -0.3 is 14.6 Å². The van der Waals surface area contributed by atoms with Crippen molar-refractivity contribution >= 4 is 0 Å². The van der Waals surface area contributed by atoms with Gasteiger partial charge in [0.2, 0.25) is 0 Å². The summed E-state index contributed by atoms with van der Waals surface area (Å²) >= 11 is 0. The second kappa shape index (κ2) is 6.35. The summed E-state index contributed by atoms with van der Waals surface area (Å²) in [5.41, 5.74) is 0. The van der Waals surface area contributed by atoms with Gasteiger partial charge in [0, 0.05) is 6.61 Å². The standard InChI is InChI=1S/C10H20O3/c1-9-12-8-6-10(13-9)5-3-2-4-7-11/h9-11H,2-8H2,1H3. The molecule has 2 atom stereocenters. The van der Waals surface area contributed by atoms with Crippen molar-refractivity contribution in [2.75, 3.05) is 13.2 Å².